The van der Waals surface area contributed by atoms with Crippen LogP contribution in [0.1, 0.15) is 53.9 Å². The second-order valence-corrected chi connectivity index (χ2v) is 10.9. The third-order valence-electron chi connectivity index (χ3n) is 8.93. The number of amides is 2. The quantitative estimate of drug-likeness (QED) is 0.321. The maximum absolute atomic E-state index is 14.6. The number of hydrogen-bond acceptors (Lipinski definition) is 7. The lowest BCUT2D eigenvalue weighted by atomic mass is 9.66. The fourth-order valence-electron chi connectivity index (χ4n) is 7.07. The van der Waals surface area contributed by atoms with Gasteiger partial charge in [-0.3, -0.25) is 14.4 Å². The van der Waals surface area contributed by atoms with E-state index < -0.39 is 41.1 Å². The highest BCUT2D eigenvalue weighted by molar-refractivity contribution is 6.05. The molecule has 3 heterocycles. The number of benzene rings is 1. The smallest absolute Gasteiger partial charge is 0.312 e. The topological polar surface area (TPSA) is 99.6 Å². The number of rotatable bonds is 12. The molecule has 9 nitrogen and oxygen atoms in total. The van der Waals surface area contributed by atoms with Gasteiger partial charge in [0.1, 0.15) is 17.6 Å². The van der Waals surface area contributed by atoms with E-state index in [1.54, 1.807) is 17.9 Å². The summed E-state index contributed by atoms with van der Waals surface area (Å²) in [5, 5.41) is 10.3. The summed E-state index contributed by atoms with van der Waals surface area (Å²) < 4.78 is 12.0. The molecule has 2 bridgehead atoms. The SMILES string of the molecule is C=CCN(C(=O)C1N([C@@H](CC)CO)C(=O)[C@@H]2[C@@H](C(=O)OCC)[C@@]3(C)CCC12O3)c1ccc(N(CC)CC)cc1. The van der Waals surface area contributed by atoms with Crippen LogP contribution in [0, 0.1) is 11.8 Å². The first-order chi connectivity index (χ1) is 18.7. The van der Waals surface area contributed by atoms with Crippen molar-refractivity contribution in [3.63, 3.8) is 0 Å². The molecule has 3 aliphatic heterocycles. The lowest BCUT2D eigenvalue weighted by molar-refractivity contribution is -0.160. The van der Waals surface area contributed by atoms with Crippen molar-refractivity contribution in [3.05, 3.63) is 36.9 Å². The van der Waals surface area contributed by atoms with Gasteiger partial charge in [-0.15, -0.1) is 6.58 Å². The minimum atomic E-state index is -1.18. The number of anilines is 2. The zero-order valence-electron chi connectivity index (χ0n) is 23.9. The highest BCUT2D eigenvalue weighted by atomic mass is 16.6. The normalized spacial score (nSPS) is 29.7. The molecular formula is C30H43N3O6. The summed E-state index contributed by atoms with van der Waals surface area (Å²) in [6.07, 6.45) is 3.11. The Labute approximate surface area is 231 Å². The van der Waals surface area contributed by atoms with Crippen LogP contribution in [0.2, 0.25) is 0 Å². The Morgan fingerprint density at radius 2 is 1.82 bits per heavy atom. The third-order valence-corrected chi connectivity index (χ3v) is 8.93. The minimum absolute atomic E-state index is 0.191. The van der Waals surface area contributed by atoms with Crippen molar-refractivity contribution in [2.45, 2.75) is 77.2 Å². The number of carbonyl (C=O) groups excluding carboxylic acids is 3. The molecule has 1 aromatic carbocycles. The fraction of sp³-hybridized carbons (Fsp3) is 0.633. The average Bonchev–Trinajstić information content (AvgIpc) is 3.50. The molecule has 0 saturated carbocycles. The maximum atomic E-state index is 14.6. The lowest BCUT2D eigenvalue weighted by Crippen LogP contribution is -2.59. The van der Waals surface area contributed by atoms with Crippen LogP contribution < -0.4 is 9.80 Å². The van der Waals surface area contributed by atoms with Gasteiger partial charge in [0.05, 0.1) is 30.8 Å². The number of fused-ring (bicyclic) bond motifs is 1. The van der Waals surface area contributed by atoms with Crippen LogP contribution in [0.15, 0.2) is 36.9 Å². The monoisotopic (exact) mass is 541 g/mol. The third kappa shape index (κ3) is 4.53. The molecule has 9 heteroatoms. The number of carbonyl (C=O) groups is 3. The van der Waals surface area contributed by atoms with E-state index in [0.29, 0.717) is 24.9 Å². The minimum Gasteiger partial charge on any atom is -0.466 e. The number of ether oxygens (including phenoxy) is 2. The van der Waals surface area contributed by atoms with Crippen LogP contribution in [-0.4, -0.2) is 83.9 Å². The number of nitrogens with zero attached hydrogens (tertiary/aromatic N) is 3. The van der Waals surface area contributed by atoms with Crippen molar-refractivity contribution in [2.24, 2.45) is 11.8 Å². The van der Waals surface area contributed by atoms with Gasteiger partial charge in [0.2, 0.25) is 5.91 Å². The highest BCUT2D eigenvalue weighted by Crippen LogP contribution is 2.63. The Hall–Kier alpha value is -2.91. The first-order valence-electron chi connectivity index (χ1n) is 14.2. The average molecular weight is 542 g/mol. The van der Waals surface area contributed by atoms with Crippen LogP contribution in [-0.2, 0) is 23.9 Å². The Kier molecular flexibility index (Phi) is 8.42. The second-order valence-electron chi connectivity index (χ2n) is 10.9. The van der Waals surface area contributed by atoms with E-state index in [0.717, 1.165) is 18.8 Å². The van der Waals surface area contributed by atoms with Gasteiger partial charge in [-0.25, -0.2) is 0 Å². The van der Waals surface area contributed by atoms with Gasteiger partial charge in [0, 0.05) is 31.0 Å². The summed E-state index contributed by atoms with van der Waals surface area (Å²) >= 11 is 0. The molecule has 1 N–H and O–H groups in total. The second kappa shape index (κ2) is 11.3. The fourth-order valence-corrected chi connectivity index (χ4v) is 7.07. The van der Waals surface area contributed by atoms with Crippen LogP contribution in [0.5, 0.6) is 0 Å². The van der Waals surface area contributed by atoms with E-state index in [1.165, 1.54) is 4.90 Å². The molecule has 4 rings (SSSR count). The van der Waals surface area contributed by atoms with Crippen molar-refractivity contribution in [1.29, 1.82) is 0 Å². The van der Waals surface area contributed by atoms with Crippen molar-refractivity contribution < 1.29 is 29.0 Å². The molecule has 0 radical (unpaired) electrons. The van der Waals surface area contributed by atoms with E-state index in [-0.39, 0.29) is 31.6 Å². The summed E-state index contributed by atoms with van der Waals surface area (Å²) in [6.45, 7) is 15.4. The van der Waals surface area contributed by atoms with Gasteiger partial charge in [-0.1, -0.05) is 13.0 Å². The lowest BCUT2D eigenvalue weighted by Gasteiger charge is -2.39. The summed E-state index contributed by atoms with van der Waals surface area (Å²) in [5.74, 6) is -2.76. The highest BCUT2D eigenvalue weighted by Gasteiger charge is 2.79. The van der Waals surface area contributed by atoms with Crippen molar-refractivity contribution in [2.75, 3.05) is 42.6 Å². The molecule has 1 spiro atoms. The van der Waals surface area contributed by atoms with E-state index in [1.807, 2.05) is 38.1 Å². The summed E-state index contributed by atoms with van der Waals surface area (Å²) in [5.41, 5.74) is -0.336. The molecule has 1 aromatic rings. The van der Waals surface area contributed by atoms with E-state index in [4.69, 9.17) is 9.47 Å². The van der Waals surface area contributed by atoms with E-state index in [2.05, 4.69) is 25.3 Å². The molecular weight excluding hydrogens is 498 g/mol. The van der Waals surface area contributed by atoms with E-state index >= 15 is 0 Å². The van der Waals surface area contributed by atoms with Crippen molar-refractivity contribution in [1.82, 2.24) is 4.90 Å². The van der Waals surface area contributed by atoms with Gasteiger partial charge in [0.25, 0.3) is 5.91 Å². The Balaban J connectivity index is 1.79. The van der Waals surface area contributed by atoms with Gasteiger partial charge in [-0.05, 0) is 71.2 Å². The number of likely N-dealkylation sites (tertiary alicyclic amines) is 1. The van der Waals surface area contributed by atoms with Crippen LogP contribution >= 0.6 is 0 Å². The van der Waals surface area contributed by atoms with Gasteiger partial charge >= 0.3 is 5.97 Å². The van der Waals surface area contributed by atoms with Gasteiger partial charge < -0.3 is 29.3 Å². The van der Waals surface area contributed by atoms with Crippen LogP contribution in [0.3, 0.4) is 0 Å². The molecule has 2 amide bonds. The number of esters is 1. The van der Waals surface area contributed by atoms with Crippen LogP contribution in [0.25, 0.3) is 0 Å². The van der Waals surface area contributed by atoms with Gasteiger partial charge in [0.15, 0.2) is 0 Å². The molecule has 0 aliphatic carbocycles. The number of hydrogen-bond donors (Lipinski definition) is 1. The molecule has 3 saturated heterocycles. The molecule has 214 valence electrons. The molecule has 6 atom stereocenters. The number of aliphatic hydroxyl groups excluding tert-OH is 1. The summed E-state index contributed by atoms with van der Waals surface area (Å²) in [4.78, 5) is 47.3. The predicted octanol–water partition coefficient (Wildman–Crippen LogP) is 3.15. The standard InChI is InChI=1S/C30H43N3O6/c1-7-18-32(22-14-12-21(13-15-22)31(9-3)10-4)27(36)25-30-17-16-29(6,39-30)24(28(37)38-11-5)23(30)26(35)33(25)20(8-2)19-34/h7,12-15,20,23-25,34H,1,8-11,16-19H2,2-6H3/t20-,23-,24-,25?,29+,30?/m0/s1. The van der Waals surface area contributed by atoms with Crippen molar-refractivity contribution >= 4 is 29.2 Å². The summed E-state index contributed by atoms with van der Waals surface area (Å²) in [7, 11) is 0. The first-order valence-corrected chi connectivity index (χ1v) is 14.2. The molecule has 3 aliphatic rings. The summed E-state index contributed by atoms with van der Waals surface area (Å²) in [6, 6.07) is 6.22. The first kappa shape index (κ1) is 29.1. The van der Waals surface area contributed by atoms with Gasteiger partial charge in [-0.2, -0.15) is 0 Å². The van der Waals surface area contributed by atoms with Crippen molar-refractivity contribution in [3.8, 4) is 0 Å². The largest absolute Gasteiger partial charge is 0.466 e. The molecule has 3 fully saturated rings. The number of aliphatic hydroxyl groups is 1. The zero-order valence-corrected chi connectivity index (χ0v) is 23.9. The Morgan fingerprint density at radius 3 is 2.36 bits per heavy atom. The van der Waals surface area contributed by atoms with E-state index in [9.17, 15) is 19.5 Å². The molecule has 39 heavy (non-hydrogen) atoms. The zero-order chi connectivity index (χ0) is 28.5. The Morgan fingerprint density at radius 1 is 1.18 bits per heavy atom. The molecule has 0 aromatic heterocycles. The Bertz CT molecular complexity index is 1080. The van der Waals surface area contributed by atoms with Crippen LogP contribution in [0.4, 0.5) is 11.4 Å². The maximum Gasteiger partial charge on any atom is 0.312 e. The predicted molar refractivity (Wildman–Crippen MR) is 149 cm³/mol. The molecule has 2 unspecified atom stereocenters.